The van der Waals surface area contributed by atoms with Crippen LogP contribution in [0.15, 0.2) is 5.16 Å². The summed E-state index contributed by atoms with van der Waals surface area (Å²) in [7, 11) is 1.88. The van der Waals surface area contributed by atoms with Crippen LogP contribution in [-0.2, 0) is 11.8 Å². The van der Waals surface area contributed by atoms with Crippen molar-refractivity contribution < 1.29 is 9.90 Å². The highest BCUT2D eigenvalue weighted by molar-refractivity contribution is 7.99. The summed E-state index contributed by atoms with van der Waals surface area (Å²) in [6.07, 6.45) is 2.60. The summed E-state index contributed by atoms with van der Waals surface area (Å²) < 4.78 is 1.87. The minimum Gasteiger partial charge on any atom is -0.481 e. The molecule has 1 heterocycles. The van der Waals surface area contributed by atoms with E-state index in [1.807, 2.05) is 11.6 Å². The van der Waals surface area contributed by atoms with Gasteiger partial charge in [-0.25, -0.2) is 0 Å². The molecule has 0 saturated heterocycles. The van der Waals surface area contributed by atoms with Crippen molar-refractivity contribution in [1.82, 2.24) is 14.8 Å². The lowest BCUT2D eigenvalue weighted by Crippen LogP contribution is -2.28. The van der Waals surface area contributed by atoms with Gasteiger partial charge in [-0.05, 0) is 25.7 Å². The molecular weight excluding hydrogens is 252 g/mol. The SMILES string of the molecule is CCN(CC1CC1)c1nnc(SCC(=O)O)n1C. The van der Waals surface area contributed by atoms with E-state index >= 15 is 0 Å². The molecule has 1 fully saturated rings. The Labute approximate surface area is 110 Å². The number of aromatic nitrogens is 3. The molecule has 1 aliphatic carbocycles. The third-order valence-corrected chi connectivity index (χ3v) is 3.98. The number of aliphatic carboxylic acids is 1. The van der Waals surface area contributed by atoms with E-state index in [1.54, 1.807) is 0 Å². The molecule has 18 heavy (non-hydrogen) atoms. The fourth-order valence-corrected chi connectivity index (χ4v) is 2.43. The summed E-state index contributed by atoms with van der Waals surface area (Å²) in [4.78, 5) is 12.7. The second-order valence-electron chi connectivity index (χ2n) is 4.51. The first-order chi connectivity index (χ1) is 8.61. The fraction of sp³-hybridized carbons (Fsp3) is 0.727. The molecule has 2 rings (SSSR count). The van der Waals surface area contributed by atoms with E-state index < -0.39 is 5.97 Å². The maximum absolute atomic E-state index is 10.5. The highest BCUT2D eigenvalue weighted by atomic mass is 32.2. The van der Waals surface area contributed by atoms with Gasteiger partial charge in [0, 0.05) is 20.1 Å². The minimum absolute atomic E-state index is 0.0146. The molecule has 0 radical (unpaired) electrons. The molecule has 6 nitrogen and oxygen atoms in total. The van der Waals surface area contributed by atoms with E-state index in [0.29, 0.717) is 5.16 Å². The lowest BCUT2D eigenvalue weighted by Gasteiger charge is -2.21. The predicted octanol–water partition coefficient (Wildman–Crippen LogP) is 1.23. The monoisotopic (exact) mass is 270 g/mol. The smallest absolute Gasteiger partial charge is 0.313 e. The van der Waals surface area contributed by atoms with Crippen LogP contribution in [0.1, 0.15) is 19.8 Å². The number of carboxylic acids is 1. The molecule has 1 aromatic rings. The van der Waals surface area contributed by atoms with Crippen molar-refractivity contribution in [2.45, 2.75) is 24.9 Å². The fourth-order valence-electron chi connectivity index (χ4n) is 1.80. The number of hydrogen-bond acceptors (Lipinski definition) is 5. The molecule has 0 atom stereocenters. The Kier molecular flexibility index (Phi) is 4.11. The number of carboxylic acid groups (broad SMARTS) is 1. The Morgan fingerprint density at radius 1 is 1.56 bits per heavy atom. The Morgan fingerprint density at radius 2 is 2.28 bits per heavy atom. The van der Waals surface area contributed by atoms with E-state index in [9.17, 15) is 4.79 Å². The Morgan fingerprint density at radius 3 is 2.83 bits per heavy atom. The van der Waals surface area contributed by atoms with Crippen molar-refractivity contribution in [3.05, 3.63) is 0 Å². The van der Waals surface area contributed by atoms with Crippen LogP contribution in [0, 0.1) is 5.92 Å². The van der Waals surface area contributed by atoms with Crippen LogP contribution in [-0.4, -0.2) is 44.7 Å². The standard InChI is InChI=1S/C11H18N4O2S/c1-3-15(6-8-4-5-8)10-12-13-11(14(10)2)18-7-9(16)17/h8H,3-7H2,1-2H3,(H,16,17). The van der Waals surface area contributed by atoms with Crippen molar-refractivity contribution in [3.8, 4) is 0 Å². The van der Waals surface area contributed by atoms with E-state index in [1.165, 1.54) is 24.6 Å². The second-order valence-corrected chi connectivity index (χ2v) is 5.45. The van der Waals surface area contributed by atoms with Crippen LogP contribution in [0.2, 0.25) is 0 Å². The summed E-state index contributed by atoms with van der Waals surface area (Å²) in [5, 5.41) is 17.5. The van der Waals surface area contributed by atoms with E-state index in [0.717, 1.165) is 25.0 Å². The van der Waals surface area contributed by atoms with Crippen LogP contribution in [0.3, 0.4) is 0 Å². The van der Waals surface area contributed by atoms with Crippen molar-refractivity contribution in [1.29, 1.82) is 0 Å². The van der Waals surface area contributed by atoms with Crippen molar-refractivity contribution in [2.75, 3.05) is 23.7 Å². The topological polar surface area (TPSA) is 71.2 Å². The van der Waals surface area contributed by atoms with Crippen LogP contribution >= 0.6 is 11.8 Å². The highest BCUT2D eigenvalue weighted by Crippen LogP contribution is 2.31. The van der Waals surface area contributed by atoms with Gasteiger partial charge in [0.25, 0.3) is 0 Å². The molecule has 0 aliphatic heterocycles. The maximum atomic E-state index is 10.5. The Hall–Kier alpha value is -1.24. The molecule has 1 aliphatic rings. The number of rotatable bonds is 7. The van der Waals surface area contributed by atoms with Gasteiger partial charge in [0.2, 0.25) is 5.95 Å². The molecule has 0 aromatic carbocycles. The quantitative estimate of drug-likeness (QED) is 0.751. The second kappa shape index (κ2) is 5.60. The molecule has 1 N–H and O–H groups in total. The van der Waals surface area contributed by atoms with Crippen molar-refractivity contribution in [3.63, 3.8) is 0 Å². The zero-order valence-corrected chi connectivity index (χ0v) is 11.5. The number of thioether (sulfide) groups is 1. The minimum atomic E-state index is -0.838. The van der Waals surface area contributed by atoms with E-state index in [4.69, 9.17) is 5.11 Å². The van der Waals surface area contributed by atoms with Crippen molar-refractivity contribution in [2.24, 2.45) is 13.0 Å². The summed E-state index contributed by atoms with van der Waals surface area (Å²) >= 11 is 1.20. The summed E-state index contributed by atoms with van der Waals surface area (Å²) in [6, 6.07) is 0. The van der Waals surface area contributed by atoms with Crippen LogP contribution in [0.25, 0.3) is 0 Å². The van der Waals surface area contributed by atoms with Crippen molar-refractivity contribution >= 4 is 23.7 Å². The number of hydrogen-bond donors (Lipinski definition) is 1. The third kappa shape index (κ3) is 3.16. The van der Waals surface area contributed by atoms with Gasteiger partial charge in [-0.1, -0.05) is 11.8 Å². The van der Waals surface area contributed by atoms with Gasteiger partial charge >= 0.3 is 5.97 Å². The average molecular weight is 270 g/mol. The molecular formula is C11H18N4O2S. The van der Waals surface area contributed by atoms with E-state index in [2.05, 4.69) is 22.0 Å². The zero-order valence-electron chi connectivity index (χ0n) is 10.7. The van der Waals surface area contributed by atoms with Gasteiger partial charge in [-0.3, -0.25) is 9.36 Å². The first kappa shape index (κ1) is 13.2. The first-order valence-corrected chi connectivity index (χ1v) is 7.09. The molecule has 1 aromatic heterocycles. The third-order valence-electron chi connectivity index (χ3n) is 2.98. The summed E-state index contributed by atoms with van der Waals surface area (Å²) in [6.45, 7) is 4.01. The molecule has 7 heteroatoms. The van der Waals surface area contributed by atoms with Gasteiger partial charge in [0.05, 0.1) is 5.75 Å². The van der Waals surface area contributed by atoms with Gasteiger partial charge in [-0.15, -0.1) is 10.2 Å². The van der Waals surface area contributed by atoms with Gasteiger partial charge in [0.15, 0.2) is 5.16 Å². The number of anilines is 1. The molecule has 1 saturated carbocycles. The van der Waals surface area contributed by atoms with Gasteiger partial charge < -0.3 is 10.0 Å². The number of nitrogens with zero attached hydrogens (tertiary/aromatic N) is 4. The van der Waals surface area contributed by atoms with Gasteiger partial charge in [-0.2, -0.15) is 0 Å². The molecule has 0 spiro atoms. The Bertz CT molecular complexity index is 431. The maximum Gasteiger partial charge on any atom is 0.313 e. The first-order valence-electron chi connectivity index (χ1n) is 6.10. The molecule has 0 amide bonds. The normalized spacial score (nSPS) is 14.8. The summed E-state index contributed by atoms with van der Waals surface area (Å²) in [5.41, 5.74) is 0. The lowest BCUT2D eigenvalue weighted by molar-refractivity contribution is -0.133. The molecule has 0 unspecified atom stereocenters. The Balaban J connectivity index is 2.04. The largest absolute Gasteiger partial charge is 0.481 e. The zero-order chi connectivity index (χ0) is 13.1. The molecule has 0 bridgehead atoms. The lowest BCUT2D eigenvalue weighted by atomic mass is 10.4. The number of carbonyl (C=O) groups is 1. The van der Waals surface area contributed by atoms with Crippen LogP contribution in [0.4, 0.5) is 5.95 Å². The summed E-state index contributed by atoms with van der Waals surface area (Å²) in [5.74, 6) is 0.796. The highest BCUT2D eigenvalue weighted by Gasteiger charge is 2.26. The molecule has 100 valence electrons. The van der Waals surface area contributed by atoms with Crippen LogP contribution < -0.4 is 4.90 Å². The predicted molar refractivity (Wildman–Crippen MR) is 70.0 cm³/mol. The van der Waals surface area contributed by atoms with Crippen LogP contribution in [0.5, 0.6) is 0 Å². The van der Waals surface area contributed by atoms with Gasteiger partial charge in [0.1, 0.15) is 0 Å². The van der Waals surface area contributed by atoms with E-state index in [-0.39, 0.29) is 5.75 Å². The average Bonchev–Trinajstić information content (AvgIpc) is 3.08.